The Kier molecular flexibility index (Phi) is 4.37. The second kappa shape index (κ2) is 5.72. The normalized spacial score (nSPS) is 27.4. The van der Waals surface area contributed by atoms with Crippen molar-refractivity contribution in [1.29, 1.82) is 0 Å². The topological polar surface area (TPSA) is 52.5 Å². The highest BCUT2D eigenvalue weighted by atomic mass is 16.5. The van der Waals surface area contributed by atoms with Crippen LogP contribution in [0.2, 0.25) is 0 Å². The van der Waals surface area contributed by atoms with E-state index in [0.29, 0.717) is 13.0 Å². The van der Waals surface area contributed by atoms with Crippen molar-refractivity contribution in [2.75, 3.05) is 27.7 Å². The molecule has 4 nitrogen and oxygen atoms in total. The average molecular weight is 279 g/mol. The molecule has 0 radical (unpaired) electrons. The monoisotopic (exact) mass is 279 g/mol. The van der Waals surface area contributed by atoms with Gasteiger partial charge in [0.2, 0.25) is 0 Å². The highest BCUT2D eigenvalue weighted by Gasteiger charge is 2.42. The Hall–Kier alpha value is -1.10. The molecule has 0 aliphatic heterocycles. The predicted octanol–water partition coefficient (Wildman–Crippen LogP) is 2.65. The van der Waals surface area contributed by atoms with Gasteiger partial charge < -0.3 is 19.7 Å². The van der Waals surface area contributed by atoms with E-state index in [4.69, 9.17) is 4.74 Å². The van der Waals surface area contributed by atoms with Crippen LogP contribution < -0.4 is 4.74 Å². The molecule has 0 bridgehead atoms. The molecular formula is C16H25NO3. The maximum atomic E-state index is 12.0. The summed E-state index contributed by atoms with van der Waals surface area (Å²) in [6.07, 6.45) is 3.69. The molecule has 4 heteroatoms. The lowest BCUT2D eigenvalue weighted by atomic mass is 9.71. The molecule has 0 heterocycles. The summed E-state index contributed by atoms with van der Waals surface area (Å²) in [7, 11) is 4.90. The maximum Gasteiger partial charge on any atom is 0.119 e. The Labute approximate surface area is 121 Å². The van der Waals surface area contributed by atoms with Gasteiger partial charge in [-0.1, -0.05) is 25.0 Å². The van der Waals surface area contributed by atoms with Crippen LogP contribution in [0.4, 0.5) is 0 Å². The zero-order chi connectivity index (χ0) is 14.8. The Morgan fingerprint density at radius 3 is 2.80 bits per heavy atom. The maximum absolute atomic E-state index is 12.0. The number of benzene rings is 1. The van der Waals surface area contributed by atoms with Gasteiger partial charge in [0.25, 0.3) is 0 Å². The second-order valence-corrected chi connectivity index (χ2v) is 6.36. The summed E-state index contributed by atoms with van der Waals surface area (Å²) >= 11 is 0. The minimum atomic E-state index is -0.910. The smallest absolute Gasteiger partial charge is 0.119 e. The lowest BCUT2D eigenvalue weighted by Gasteiger charge is -2.45. The third-order valence-corrected chi connectivity index (χ3v) is 4.27. The van der Waals surface area contributed by atoms with Crippen molar-refractivity contribution in [3.05, 3.63) is 35.0 Å². The van der Waals surface area contributed by atoms with Gasteiger partial charge in [-0.25, -0.2) is 0 Å². The van der Waals surface area contributed by atoms with E-state index in [1.807, 2.05) is 24.3 Å². The Balaban J connectivity index is 2.32. The fourth-order valence-electron chi connectivity index (χ4n) is 3.27. The highest BCUT2D eigenvalue weighted by Crippen LogP contribution is 2.43. The zero-order valence-electron chi connectivity index (χ0n) is 12.6. The van der Waals surface area contributed by atoms with Gasteiger partial charge in [-0.3, -0.25) is 0 Å². The number of quaternary nitrogens is 1. The molecule has 2 atom stereocenters. The molecule has 1 saturated carbocycles. The predicted molar refractivity (Wildman–Crippen MR) is 79.2 cm³/mol. The van der Waals surface area contributed by atoms with E-state index in [1.165, 1.54) is 0 Å². The third-order valence-electron chi connectivity index (χ3n) is 4.27. The van der Waals surface area contributed by atoms with Crippen LogP contribution in [0.15, 0.2) is 24.3 Å². The van der Waals surface area contributed by atoms with Crippen molar-refractivity contribution in [2.24, 2.45) is 5.92 Å². The fraction of sp³-hybridized carbons (Fsp3) is 0.625. The van der Waals surface area contributed by atoms with E-state index < -0.39 is 5.60 Å². The van der Waals surface area contributed by atoms with Crippen molar-refractivity contribution < 1.29 is 14.5 Å². The van der Waals surface area contributed by atoms with E-state index in [2.05, 4.69) is 0 Å². The number of aliphatic hydroxyl groups is 1. The summed E-state index contributed by atoms with van der Waals surface area (Å²) < 4.78 is 4.89. The largest absolute Gasteiger partial charge is 0.633 e. The minimum Gasteiger partial charge on any atom is -0.633 e. The Morgan fingerprint density at radius 2 is 2.15 bits per heavy atom. The number of hydroxylamine groups is 3. The van der Waals surface area contributed by atoms with Gasteiger partial charge >= 0.3 is 0 Å². The molecule has 0 unspecified atom stereocenters. The van der Waals surface area contributed by atoms with Crippen LogP contribution in [-0.2, 0) is 5.60 Å². The number of nitrogens with zero attached hydrogens (tertiary/aromatic N) is 1. The van der Waals surface area contributed by atoms with Crippen molar-refractivity contribution in [3.63, 3.8) is 0 Å². The van der Waals surface area contributed by atoms with E-state index in [0.717, 1.165) is 30.6 Å². The van der Waals surface area contributed by atoms with Crippen molar-refractivity contribution in [3.8, 4) is 5.75 Å². The summed E-state index contributed by atoms with van der Waals surface area (Å²) in [5.41, 5.74) is -0.0396. The molecule has 0 aromatic heterocycles. The second-order valence-electron chi connectivity index (χ2n) is 6.36. The highest BCUT2D eigenvalue weighted by molar-refractivity contribution is 5.33. The third kappa shape index (κ3) is 3.32. The molecule has 1 aliphatic carbocycles. The summed E-state index contributed by atoms with van der Waals surface area (Å²) in [5, 5.41) is 23.2. The molecule has 1 aliphatic rings. The van der Waals surface area contributed by atoms with Crippen molar-refractivity contribution >= 4 is 0 Å². The van der Waals surface area contributed by atoms with Crippen LogP contribution in [0.5, 0.6) is 5.75 Å². The molecule has 0 amide bonds. The number of rotatable bonds is 4. The molecule has 1 aromatic rings. The number of methoxy groups -OCH3 is 1. The molecule has 2 rings (SSSR count). The molecule has 1 N–H and O–H groups in total. The van der Waals surface area contributed by atoms with E-state index in [-0.39, 0.29) is 10.6 Å². The Morgan fingerprint density at radius 1 is 1.40 bits per heavy atom. The summed E-state index contributed by atoms with van der Waals surface area (Å²) in [4.78, 5) is 0. The van der Waals surface area contributed by atoms with Crippen molar-refractivity contribution in [1.82, 2.24) is 0 Å². The first kappa shape index (κ1) is 15.3. The standard InChI is InChI=1S/C16H25NO3/c1-17(2,19)12-14-7-4-5-10-16(14,18)13-8-6-9-15(11-13)20-3/h6,8-9,11,14,18H,4-5,7,10,12H2,1-3H3/t14-,16+/m0/s1. The van der Waals surface area contributed by atoms with Gasteiger partial charge in [-0.05, 0) is 30.5 Å². The van der Waals surface area contributed by atoms with E-state index in [1.54, 1.807) is 21.2 Å². The molecule has 20 heavy (non-hydrogen) atoms. The first-order valence-electron chi connectivity index (χ1n) is 7.26. The molecule has 0 spiro atoms. The first-order valence-corrected chi connectivity index (χ1v) is 7.26. The summed E-state index contributed by atoms with van der Waals surface area (Å²) in [5.74, 6) is 0.743. The van der Waals surface area contributed by atoms with Gasteiger partial charge in [-0.2, -0.15) is 0 Å². The number of hydrogen-bond donors (Lipinski definition) is 1. The molecule has 1 aromatic carbocycles. The number of ether oxygens (including phenoxy) is 1. The quantitative estimate of drug-likeness (QED) is 0.681. The fourth-order valence-corrected chi connectivity index (χ4v) is 3.27. The first-order chi connectivity index (χ1) is 9.35. The zero-order valence-corrected chi connectivity index (χ0v) is 12.6. The van der Waals surface area contributed by atoms with Gasteiger partial charge in [0.1, 0.15) is 5.75 Å². The number of hydrogen-bond acceptors (Lipinski definition) is 3. The van der Waals surface area contributed by atoms with Crippen LogP contribution in [-0.4, -0.2) is 37.5 Å². The van der Waals surface area contributed by atoms with Crippen LogP contribution >= 0.6 is 0 Å². The molecule has 0 saturated heterocycles. The van der Waals surface area contributed by atoms with Gasteiger partial charge in [0, 0.05) is 5.92 Å². The lowest BCUT2D eigenvalue weighted by molar-refractivity contribution is -0.845. The Bertz CT molecular complexity index is 455. The van der Waals surface area contributed by atoms with Gasteiger partial charge in [0.05, 0.1) is 33.4 Å². The van der Waals surface area contributed by atoms with Crippen molar-refractivity contribution in [2.45, 2.75) is 31.3 Å². The van der Waals surface area contributed by atoms with Crippen LogP contribution in [0.1, 0.15) is 31.2 Å². The van der Waals surface area contributed by atoms with Crippen LogP contribution in [0, 0.1) is 11.1 Å². The minimum absolute atomic E-state index is 0.00384. The molecule has 1 fully saturated rings. The van der Waals surface area contributed by atoms with Crippen LogP contribution in [0.3, 0.4) is 0 Å². The SMILES string of the molecule is COc1cccc([C@]2(O)CCCC[C@H]2C[N+](C)(C)[O-])c1. The molecular weight excluding hydrogens is 254 g/mol. The lowest BCUT2D eigenvalue weighted by Crippen LogP contribution is -2.47. The summed E-state index contributed by atoms with van der Waals surface area (Å²) in [6.45, 7) is 0.438. The van der Waals surface area contributed by atoms with E-state index >= 15 is 0 Å². The van der Waals surface area contributed by atoms with Gasteiger partial charge in [-0.15, -0.1) is 0 Å². The molecule has 112 valence electrons. The average Bonchev–Trinajstić information content (AvgIpc) is 2.40. The summed E-state index contributed by atoms with van der Waals surface area (Å²) in [6, 6.07) is 7.60. The van der Waals surface area contributed by atoms with Gasteiger partial charge in [0.15, 0.2) is 0 Å². The van der Waals surface area contributed by atoms with Crippen LogP contribution in [0.25, 0.3) is 0 Å². The van der Waals surface area contributed by atoms with E-state index in [9.17, 15) is 10.3 Å².